The van der Waals surface area contributed by atoms with E-state index in [0.717, 1.165) is 17.9 Å². The number of nitrogen functional groups attached to an aromatic ring is 1. The van der Waals surface area contributed by atoms with E-state index in [0.29, 0.717) is 0 Å². The minimum absolute atomic E-state index is 0.800. The molecule has 0 spiro atoms. The number of nitrogens with two attached hydrogens (primary N) is 1. The fourth-order valence-corrected chi connectivity index (χ4v) is 2.14. The second-order valence-electron chi connectivity index (χ2n) is 4.89. The maximum Gasteiger partial charge on any atom is 0.0606 e. The third kappa shape index (κ3) is 2.83. The zero-order chi connectivity index (χ0) is 13.1. The minimum atomic E-state index is 0.800. The van der Waals surface area contributed by atoms with Crippen molar-refractivity contribution in [3.05, 3.63) is 58.7 Å². The van der Waals surface area contributed by atoms with Gasteiger partial charge in [-0.2, -0.15) is 0 Å². The highest BCUT2D eigenvalue weighted by molar-refractivity contribution is 5.71. The van der Waals surface area contributed by atoms with Gasteiger partial charge >= 0.3 is 0 Å². The van der Waals surface area contributed by atoms with Crippen LogP contribution in [0.25, 0.3) is 0 Å². The van der Waals surface area contributed by atoms with E-state index in [9.17, 15) is 0 Å². The van der Waals surface area contributed by atoms with E-state index < -0.39 is 0 Å². The number of aryl methyl sites for hydroxylation is 3. The van der Waals surface area contributed by atoms with Crippen molar-refractivity contribution in [2.24, 2.45) is 0 Å². The molecule has 0 aliphatic rings. The van der Waals surface area contributed by atoms with Gasteiger partial charge in [-0.15, -0.1) is 0 Å². The molecule has 2 rings (SSSR count). The van der Waals surface area contributed by atoms with E-state index in [1.54, 1.807) is 0 Å². The van der Waals surface area contributed by atoms with Crippen LogP contribution in [0, 0.1) is 20.8 Å². The van der Waals surface area contributed by atoms with Gasteiger partial charge in [0.05, 0.1) is 11.4 Å². The van der Waals surface area contributed by atoms with Crippen molar-refractivity contribution in [1.29, 1.82) is 0 Å². The van der Waals surface area contributed by atoms with Crippen molar-refractivity contribution >= 4 is 11.4 Å². The zero-order valence-electron chi connectivity index (χ0n) is 11.2. The SMILES string of the molecule is Cc1ccc(CNc2c(C)cc(C)cc2N)cc1. The average molecular weight is 240 g/mol. The molecule has 2 heteroatoms. The maximum absolute atomic E-state index is 6.05. The lowest BCUT2D eigenvalue weighted by Crippen LogP contribution is -2.04. The van der Waals surface area contributed by atoms with E-state index in [2.05, 4.69) is 56.4 Å². The standard InChI is InChI=1S/C16H20N2/c1-11-4-6-14(7-5-11)10-18-16-13(3)8-12(2)9-15(16)17/h4-9,18H,10,17H2,1-3H3. The lowest BCUT2D eigenvalue weighted by molar-refractivity contribution is 1.13. The molecule has 0 bridgehead atoms. The summed E-state index contributed by atoms with van der Waals surface area (Å²) in [6, 6.07) is 12.7. The Balaban J connectivity index is 2.13. The Labute approximate surface area is 109 Å². The lowest BCUT2D eigenvalue weighted by atomic mass is 10.1. The van der Waals surface area contributed by atoms with Crippen molar-refractivity contribution in [2.75, 3.05) is 11.1 Å². The van der Waals surface area contributed by atoms with E-state index in [4.69, 9.17) is 5.73 Å². The number of anilines is 2. The van der Waals surface area contributed by atoms with Crippen LogP contribution in [0.1, 0.15) is 22.3 Å². The molecule has 0 aromatic heterocycles. The molecule has 0 amide bonds. The number of benzene rings is 2. The largest absolute Gasteiger partial charge is 0.397 e. The molecule has 0 fully saturated rings. The van der Waals surface area contributed by atoms with Gasteiger partial charge in [0.15, 0.2) is 0 Å². The normalized spacial score (nSPS) is 10.4. The first-order chi connectivity index (χ1) is 8.56. The second kappa shape index (κ2) is 5.13. The molecule has 0 atom stereocenters. The Morgan fingerprint density at radius 1 is 0.944 bits per heavy atom. The molecule has 0 aliphatic carbocycles. The van der Waals surface area contributed by atoms with Gasteiger partial charge < -0.3 is 11.1 Å². The van der Waals surface area contributed by atoms with Gasteiger partial charge in [-0.05, 0) is 43.5 Å². The summed E-state index contributed by atoms with van der Waals surface area (Å²) in [4.78, 5) is 0. The highest BCUT2D eigenvalue weighted by Gasteiger charge is 2.03. The van der Waals surface area contributed by atoms with Crippen LogP contribution >= 0.6 is 0 Å². The maximum atomic E-state index is 6.05. The molecule has 0 radical (unpaired) electrons. The fraction of sp³-hybridized carbons (Fsp3) is 0.250. The monoisotopic (exact) mass is 240 g/mol. The van der Waals surface area contributed by atoms with Crippen molar-refractivity contribution in [1.82, 2.24) is 0 Å². The predicted molar refractivity (Wildman–Crippen MR) is 78.8 cm³/mol. The molecule has 0 saturated carbocycles. The third-order valence-corrected chi connectivity index (χ3v) is 3.10. The Kier molecular flexibility index (Phi) is 3.56. The van der Waals surface area contributed by atoms with E-state index >= 15 is 0 Å². The fourth-order valence-electron chi connectivity index (χ4n) is 2.14. The highest BCUT2D eigenvalue weighted by Crippen LogP contribution is 2.25. The molecule has 2 nitrogen and oxygen atoms in total. The van der Waals surface area contributed by atoms with Crippen LogP contribution < -0.4 is 11.1 Å². The molecule has 3 N–H and O–H groups in total. The first kappa shape index (κ1) is 12.5. The Bertz CT molecular complexity index is 519. The van der Waals surface area contributed by atoms with E-state index in [-0.39, 0.29) is 0 Å². The summed E-state index contributed by atoms with van der Waals surface area (Å²) in [5.41, 5.74) is 12.8. The molecule has 0 saturated heterocycles. The van der Waals surface area contributed by atoms with Gasteiger partial charge in [0, 0.05) is 6.54 Å². The topological polar surface area (TPSA) is 38.0 Å². The molecule has 0 unspecified atom stereocenters. The van der Waals surface area contributed by atoms with Crippen molar-refractivity contribution < 1.29 is 0 Å². The smallest absolute Gasteiger partial charge is 0.0606 e. The summed E-state index contributed by atoms with van der Waals surface area (Å²) >= 11 is 0. The summed E-state index contributed by atoms with van der Waals surface area (Å²) in [7, 11) is 0. The summed E-state index contributed by atoms with van der Waals surface area (Å²) < 4.78 is 0. The van der Waals surface area contributed by atoms with Crippen molar-refractivity contribution in [2.45, 2.75) is 27.3 Å². The summed E-state index contributed by atoms with van der Waals surface area (Å²) in [5.74, 6) is 0. The summed E-state index contributed by atoms with van der Waals surface area (Å²) in [6.45, 7) is 7.04. The molecule has 2 aromatic rings. The third-order valence-electron chi connectivity index (χ3n) is 3.10. The van der Waals surface area contributed by atoms with Gasteiger partial charge in [-0.1, -0.05) is 35.9 Å². The molecular weight excluding hydrogens is 220 g/mol. The first-order valence-corrected chi connectivity index (χ1v) is 6.22. The van der Waals surface area contributed by atoms with Gasteiger partial charge in [-0.25, -0.2) is 0 Å². The molecule has 0 aliphatic heterocycles. The lowest BCUT2D eigenvalue weighted by Gasteiger charge is -2.13. The average Bonchev–Trinajstić information content (AvgIpc) is 2.30. The van der Waals surface area contributed by atoms with Crippen LogP contribution in [0.5, 0.6) is 0 Å². The van der Waals surface area contributed by atoms with E-state index in [1.807, 2.05) is 6.07 Å². The Morgan fingerprint density at radius 3 is 2.22 bits per heavy atom. The second-order valence-corrected chi connectivity index (χ2v) is 4.89. The quantitative estimate of drug-likeness (QED) is 0.801. The Hall–Kier alpha value is -1.96. The van der Waals surface area contributed by atoms with Crippen LogP contribution in [0.3, 0.4) is 0 Å². The zero-order valence-corrected chi connectivity index (χ0v) is 11.2. The molecule has 2 aromatic carbocycles. The van der Waals surface area contributed by atoms with Gasteiger partial charge in [0.2, 0.25) is 0 Å². The Morgan fingerprint density at radius 2 is 1.61 bits per heavy atom. The first-order valence-electron chi connectivity index (χ1n) is 6.22. The van der Waals surface area contributed by atoms with Crippen LogP contribution in [0.2, 0.25) is 0 Å². The van der Waals surface area contributed by atoms with Crippen LogP contribution in [0.4, 0.5) is 11.4 Å². The summed E-state index contributed by atoms with van der Waals surface area (Å²) in [6.07, 6.45) is 0. The summed E-state index contributed by atoms with van der Waals surface area (Å²) in [5, 5.41) is 3.42. The van der Waals surface area contributed by atoms with Crippen LogP contribution in [-0.4, -0.2) is 0 Å². The minimum Gasteiger partial charge on any atom is -0.397 e. The van der Waals surface area contributed by atoms with Crippen molar-refractivity contribution in [3.8, 4) is 0 Å². The van der Waals surface area contributed by atoms with Crippen LogP contribution in [-0.2, 0) is 6.54 Å². The number of hydrogen-bond acceptors (Lipinski definition) is 2. The highest BCUT2D eigenvalue weighted by atomic mass is 14.9. The van der Waals surface area contributed by atoms with E-state index in [1.165, 1.54) is 22.3 Å². The van der Waals surface area contributed by atoms with Gasteiger partial charge in [-0.3, -0.25) is 0 Å². The van der Waals surface area contributed by atoms with Crippen LogP contribution in [0.15, 0.2) is 36.4 Å². The molecule has 0 heterocycles. The van der Waals surface area contributed by atoms with Crippen molar-refractivity contribution in [3.63, 3.8) is 0 Å². The number of nitrogens with one attached hydrogen (secondary N) is 1. The molecule has 94 valence electrons. The predicted octanol–water partition coefficient (Wildman–Crippen LogP) is 3.81. The van der Waals surface area contributed by atoms with Gasteiger partial charge in [0.25, 0.3) is 0 Å². The molecule has 18 heavy (non-hydrogen) atoms. The van der Waals surface area contributed by atoms with Gasteiger partial charge in [0.1, 0.15) is 0 Å². The molecular formula is C16H20N2. The number of hydrogen-bond donors (Lipinski definition) is 2. The number of rotatable bonds is 3.